The van der Waals surface area contributed by atoms with Crippen molar-refractivity contribution in [1.29, 1.82) is 0 Å². The van der Waals surface area contributed by atoms with Crippen LogP contribution in [0.15, 0.2) is 24.3 Å². The summed E-state index contributed by atoms with van der Waals surface area (Å²) in [5.74, 6) is 0.930. The number of piperazine rings is 1. The van der Waals surface area contributed by atoms with Gasteiger partial charge in [-0.3, -0.25) is 0 Å². The van der Waals surface area contributed by atoms with Gasteiger partial charge in [0.1, 0.15) is 5.75 Å². The molecular weight excluding hydrogens is 250 g/mol. The molecule has 1 saturated heterocycles. The van der Waals surface area contributed by atoms with Crippen LogP contribution in [0.2, 0.25) is 0 Å². The first-order chi connectivity index (χ1) is 9.69. The Morgan fingerprint density at radius 3 is 2.95 bits per heavy atom. The van der Waals surface area contributed by atoms with Gasteiger partial charge in [-0.1, -0.05) is 12.1 Å². The molecule has 1 heterocycles. The van der Waals surface area contributed by atoms with Crippen LogP contribution in [0.25, 0.3) is 0 Å². The average Bonchev–Trinajstić information content (AvgIpc) is 2.47. The van der Waals surface area contributed by atoms with Crippen LogP contribution in [0.5, 0.6) is 5.75 Å². The molecule has 0 amide bonds. The summed E-state index contributed by atoms with van der Waals surface area (Å²) in [5, 5.41) is 0. The highest BCUT2D eigenvalue weighted by Gasteiger charge is 2.19. The molecule has 2 N–H and O–H groups in total. The van der Waals surface area contributed by atoms with Gasteiger partial charge in [0.25, 0.3) is 0 Å². The van der Waals surface area contributed by atoms with Crippen LogP contribution in [0.3, 0.4) is 0 Å². The normalized spacial score (nSPS) is 21.1. The first-order valence-electron chi connectivity index (χ1n) is 7.53. The van der Waals surface area contributed by atoms with E-state index in [4.69, 9.17) is 10.5 Å². The van der Waals surface area contributed by atoms with E-state index in [2.05, 4.69) is 23.8 Å². The lowest BCUT2D eigenvalue weighted by Crippen LogP contribution is -2.50. The number of hydrogen-bond acceptors (Lipinski definition) is 4. The predicted molar refractivity (Wildman–Crippen MR) is 83.0 cm³/mol. The molecule has 0 aliphatic carbocycles. The smallest absolute Gasteiger partial charge is 0.119 e. The number of nitrogens with zero attached hydrogens (tertiary/aromatic N) is 2. The fourth-order valence-corrected chi connectivity index (χ4v) is 2.57. The van der Waals surface area contributed by atoms with Gasteiger partial charge in [0.2, 0.25) is 0 Å². The van der Waals surface area contributed by atoms with Crippen LogP contribution in [0, 0.1) is 0 Å². The molecule has 112 valence electrons. The third-order valence-electron chi connectivity index (χ3n) is 4.07. The summed E-state index contributed by atoms with van der Waals surface area (Å²) in [5.41, 5.74) is 6.75. The molecule has 1 unspecified atom stereocenters. The van der Waals surface area contributed by atoms with E-state index in [1.54, 1.807) is 0 Å². The third-order valence-corrected chi connectivity index (χ3v) is 4.07. The maximum absolute atomic E-state index is 5.79. The van der Waals surface area contributed by atoms with Gasteiger partial charge in [-0.15, -0.1) is 0 Å². The first kappa shape index (κ1) is 15.3. The maximum Gasteiger partial charge on any atom is 0.119 e. The number of ether oxygens (including phenoxy) is 1. The summed E-state index contributed by atoms with van der Waals surface area (Å²) < 4.78 is 5.79. The standard InChI is InChI=1S/C16H27N3O/c1-14-13-19(9-8-18(14)2)7-4-10-20-16-6-3-5-15(11-16)12-17/h3,5-6,11,14H,4,7-10,12-13,17H2,1-2H3. The van der Waals surface area contributed by atoms with E-state index < -0.39 is 0 Å². The minimum atomic E-state index is 0.566. The summed E-state index contributed by atoms with van der Waals surface area (Å²) in [7, 11) is 2.20. The molecule has 1 aliphatic rings. The van der Waals surface area contributed by atoms with E-state index in [9.17, 15) is 0 Å². The molecule has 1 fully saturated rings. The van der Waals surface area contributed by atoms with Crippen LogP contribution in [0.4, 0.5) is 0 Å². The van der Waals surface area contributed by atoms with Gasteiger partial charge in [0.15, 0.2) is 0 Å². The SMILES string of the molecule is CC1CN(CCCOc2cccc(CN)c2)CCN1C. The number of nitrogens with two attached hydrogens (primary N) is 1. The van der Waals surface area contributed by atoms with Crippen LogP contribution in [-0.2, 0) is 6.54 Å². The van der Waals surface area contributed by atoms with Crippen LogP contribution >= 0.6 is 0 Å². The van der Waals surface area contributed by atoms with Crippen molar-refractivity contribution >= 4 is 0 Å². The van der Waals surface area contributed by atoms with Crippen molar-refractivity contribution in [3.8, 4) is 5.75 Å². The zero-order valence-electron chi connectivity index (χ0n) is 12.7. The highest BCUT2D eigenvalue weighted by atomic mass is 16.5. The van der Waals surface area contributed by atoms with Crippen molar-refractivity contribution in [2.24, 2.45) is 5.73 Å². The Bertz CT molecular complexity index is 410. The lowest BCUT2D eigenvalue weighted by molar-refractivity contribution is 0.100. The van der Waals surface area contributed by atoms with Crippen molar-refractivity contribution in [2.75, 3.05) is 39.8 Å². The number of likely N-dealkylation sites (N-methyl/N-ethyl adjacent to an activating group) is 1. The minimum absolute atomic E-state index is 0.566. The molecule has 0 bridgehead atoms. The Morgan fingerprint density at radius 1 is 1.35 bits per heavy atom. The monoisotopic (exact) mass is 277 g/mol. The molecule has 1 atom stereocenters. The van der Waals surface area contributed by atoms with Gasteiger partial charge >= 0.3 is 0 Å². The number of rotatable bonds is 6. The second kappa shape index (κ2) is 7.62. The zero-order valence-corrected chi connectivity index (χ0v) is 12.7. The van der Waals surface area contributed by atoms with Gasteiger partial charge in [-0.2, -0.15) is 0 Å². The molecule has 1 aromatic rings. The van der Waals surface area contributed by atoms with Crippen molar-refractivity contribution in [2.45, 2.75) is 25.9 Å². The summed E-state index contributed by atoms with van der Waals surface area (Å²) in [6.45, 7) is 8.25. The minimum Gasteiger partial charge on any atom is -0.494 e. The fourth-order valence-electron chi connectivity index (χ4n) is 2.57. The van der Waals surface area contributed by atoms with Gasteiger partial charge < -0.3 is 20.3 Å². The van der Waals surface area contributed by atoms with Gasteiger partial charge in [-0.25, -0.2) is 0 Å². The second-order valence-corrected chi connectivity index (χ2v) is 5.68. The summed E-state index contributed by atoms with van der Waals surface area (Å²) in [6, 6.07) is 8.71. The Morgan fingerprint density at radius 2 is 2.20 bits per heavy atom. The molecule has 0 saturated carbocycles. The Hall–Kier alpha value is -1.10. The van der Waals surface area contributed by atoms with E-state index in [0.29, 0.717) is 12.6 Å². The van der Waals surface area contributed by atoms with Gasteiger partial charge in [-0.05, 0) is 38.1 Å². The molecule has 20 heavy (non-hydrogen) atoms. The Labute approximate surface area is 122 Å². The fraction of sp³-hybridized carbons (Fsp3) is 0.625. The molecule has 0 spiro atoms. The summed E-state index contributed by atoms with van der Waals surface area (Å²) >= 11 is 0. The molecular formula is C16H27N3O. The number of benzene rings is 1. The molecule has 4 heteroatoms. The third kappa shape index (κ3) is 4.47. The topological polar surface area (TPSA) is 41.7 Å². The quantitative estimate of drug-likeness (QED) is 0.801. The van der Waals surface area contributed by atoms with Crippen molar-refractivity contribution < 1.29 is 4.74 Å². The predicted octanol–water partition coefficient (Wildman–Crippen LogP) is 1.55. The van der Waals surface area contributed by atoms with E-state index in [-0.39, 0.29) is 0 Å². The average molecular weight is 277 g/mol. The summed E-state index contributed by atoms with van der Waals surface area (Å²) in [6.07, 6.45) is 1.07. The molecule has 0 aromatic heterocycles. The molecule has 1 aliphatic heterocycles. The summed E-state index contributed by atoms with van der Waals surface area (Å²) in [4.78, 5) is 4.95. The van der Waals surface area contributed by atoms with Crippen LogP contribution < -0.4 is 10.5 Å². The molecule has 0 radical (unpaired) electrons. The largest absolute Gasteiger partial charge is 0.494 e. The lowest BCUT2D eigenvalue weighted by Gasteiger charge is -2.37. The molecule has 4 nitrogen and oxygen atoms in total. The highest BCUT2D eigenvalue weighted by Crippen LogP contribution is 2.13. The second-order valence-electron chi connectivity index (χ2n) is 5.68. The van der Waals surface area contributed by atoms with E-state index in [1.165, 1.54) is 19.6 Å². The Kier molecular flexibility index (Phi) is 5.83. The van der Waals surface area contributed by atoms with Gasteiger partial charge in [0.05, 0.1) is 6.61 Å². The van der Waals surface area contributed by atoms with Crippen LogP contribution in [0.1, 0.15) is 18.9 Å². The molecule has 1 aromatic carbocycles. The van der Waals surface area contributed by atoms with E-state index in [0.717, 1.165) is 30.9 Å². The lowest BCUT2D eigenvalue weighted by atomic mass is 10.2. The highest BCUT2D eigenvalue weighted by molar-refractivity contribution is 5.28. The Balaban J connectivity index is 1.66. The zero-order chi connectivity index (χ0) is 14.4. The van der Waals surface area contributed by atoms with Crippen molar-refractivity contribution in [3.05, 3.63) is 29.8 Å². The van der Waals surface area contributed by atoms with Crippen molar-refractivity contribution in [1.82, 2.24) is 9.80 Å². The van der Waals surface area contributed by atoms with Crippen LogP contribution in [-0.4, -0.2) is 55.7 Å². The molecule has 2 rings (SSSR count). The van der Waals surface area contributed by atoms with Crippen molar-refractivity contribution in [3.63, 3.8) is 0 Å². The number of hydrogen-bond donors (Lipinski definition) is 1. The van der Waals surface area contributed by atoms with E-state index >= 15 is 0 Å². The van der Waals surface area contributed by atoms with E-state index in [1.807, 2.05) is 24.3 Å². The maximum atomic E-state index is 5.79. The van der Waals surface area contributed by atoms with Gasteiger partial charge in [0, 0.05) is 38.8 Å². The first-order valence-corrected chi connectivity index (χ1v) is 7.53.